The topological polar surface area (TPSA) is 72.5 Å². The molecule has 0 amide bonds. The van der Waals surface area contributed by atoms with Crippen LogP contribution in [-0.2, 0) is 33.3 Å². The summed E-state index contributed by atoms with van der Waals surface area (Å²) in [6, 6.07) is 0. The van der Waals surface area contributed by atoms with Crippen molar-refractivity contribution < 1.29 is 33.3 Å². The van der Waals surface area contributed by atoms with E-state index in [1.54, 1.807) is 35.3 Å². The second kappa shape index (κ2) is 29.6. The molecule has 212 valence electrons. The predicted molar refractivity (Wildman–Crippen MR) is 153 cm³/mol. The maximum absolute atomic E-state index is 12.8. The minimum Gasteiger partial charge on any atom is -0.225 e. The molecule has 0 saturated heterocycles. The SMILES string of the molecule is CCCCCCSCCOOP(=O)(OOCCSCCCCCC)OOCCSCCCCCC. The maximum Gasteiger partial charge on any atom is 0.556 e. The van der Waals surface area contributed by atoms with E-state index < -0.39 is 7.82 Å². The van der Waals surface area contributed by atoms with E-state index in [4.69, 9.17) is 28.7 Å². The van der Waals surface area contributed by atoms with Gasteiger partial charge in [0.1, 0.15) is 0 Å². The van der Waals surface area contributed by atoms with Crippen LogP contribution in [0.5, 0.6) is 0 Å². The average Bonchev–Trinajstić information content (AvgIpc) is 2.86. The summed E-state index contributed by atoms with van der Waals surface area (Å²) in [5, 5.41) is 0. The molecule has 0 atom stereocenters. The molecule has 0 aromatic rings. The summed E-state index contributed by atoms with van der Waals surface area (Å²) >= 11 is 5.33. The monoisotopic (exact) mass is 578 g/mol. The molecule has 7 nitrogen and oxygen atoms in total. The van der Waals surface area contributed by atoms with Gasteiger partial charge in [-0.05, 0) is 36.5 Å². The van der Waals surface area contributed by atoms with Gasteiger partial charge in [-0.2, -0.15) is 35.3 Å². The van der Waals surface area contributed by atoms with E-state index in [1.807, 2.05) is 0 Å². The number of rotatable bonds is 30. The van der Waals surface area contributed by atoms with Crippen molar-refractivity contribution in [3.63, 3.8) is 0 Å². The maximum atomic E-state index is 12.8. The standard InChI is InChI=1S/C24H51O7PS3/c1-4-7-10-13-19-33-22-16-26-29-32(25,30-27-17-23-34-20-14-11-8-5-2)31-28-18-24-35-21-15-12-9-6-3/h4-24H2,1-3H3. The molecular formula is C24H51O7PS3. The summed E-state index contributed by atoms with van der Waals surface area (Å²) in [7, 11) is -4.12. The molecule has 0 N–H and O–H groups in total. The van der Waals surface area contributed by atoms with Crippen LogP contribution < -0.4 is 0 Å². The Morgan fingerprint density at radius 1 is 0.457 bits per heavy atom. The van der Waals surface area contributed by atoms with Crippen molar-refractivity contribution in [3.05, 3.63) is 0 Å². The number of hydrogen-bond donors (Lipinski definition) is 0. The number of thioether (sulfide) groups is 3. The van der Waals surface area contributed by atoms with Crippen LogP contribution in [0.4, 0.5) is 0 Å². The second-order valence-corrected chi connectivity index (χ2v) is 13.2. The van der Waals surface area contributed by atoms with Crippen molar-refractivity contribution in [2.45, 2.75) is 97.8 Å². The molecule has 0 unspecified atom stereocenters. The molecule has 0 fully saturated rings. The number of phosphoric acid groups is 1. The highest BCUT2D eigenvalue weighted by molar-refractivity contribution is 7.99. The second-order valence-electron chi connectivity index (χ2n) is 8.16. The first-order valence-electron chi connectivity index (χ1n) is 13.4. The lowest BCUT2D eigenvalue weighted by Crippen LogP contribution is -2.07. The molecule has 0 rings (SSSR count). The fourth-order valence-electron chi connectivity index (χ4n) is 2.82. The van der Waals surface area contributed by atoms with Gasteiger partial charge in [0.05, 0.1) is 19.8 Å². The van der Waals surface area contributed by atoms with Crippen LogP contribution in [0.3, 0.4) is 0 Å². The Hall–Kier alpha value is 1.04. The van der Waals surface area contributed by atoms with Gasteiger partial charge in [0.2, 0.25) is 0 Å². The minimum atomic E-state index is -4.12. The minimum absolute atomic E-state index is 0.274. The van der Waals surface area contributed by atoms with Gasteiger partial charge < -0.3 is 0 Å². The lowest BCUT2D eigenvalue weighted by atomic mass is 10.2. The highest BCUT2D eigenvalue weighted by Gasteiger charge is 2.32. The van der Waals surface area contributed by atoms with Crippen molar-refractivity contribution in [2.75, 3.05) is 54.3 Å². The number of unbranched alkanes of at least 4 members (excludes halogenated alkanes) is 9. The lowest BCUT2D eigenvalue weighted by Gasteiger charge is -2.14. The fourth-order valence-corrected chi connectivity index (χ4v) is 5.90. The summed E-state index contributed by atoms with van der Waals surface area (Å²) < 4.78 is 27.6. The Bertz CT molecular complexity index is 403. The summed E-state index contributed by atoms with van der Waals surface area (Å²) in [5.74, 6) is 5.43. The summed E-state index contributed by atoms with van der Waals surface area (Å²) in [6.45, 7) is 7.43. The zero-order valence-corrected chi connectivity index (χ0v) is 25.7. The molecule has 0 aliphatic rings. The van der Waals surface area contributed by atoms with Gasteiger partial charge in [-0.1, -0.05) is 78.6 Å². The predicted octanol–water partition coefficient (Wildman–Crippen LogP) is 8.88. The largest absolute Gasteiger partial charge is 0.556 e. The van der Waals surface area contributed by atoms with E-state index in [0.717, 1.165) is 34.5 Å². The molecule has 0 spiro atoms. The van der Waals surface area contributed by atoms with Gasteiger partial charge in [-0.25, -0.2) is 19.2 Å². The van der Waals surface area contributed by atoms with E-state index in [-0.39, 0.29) is 19.8 Å². The number of hydrogen-bond acceptors (Lipinski definition) is 10. The first-order chi connectivity index (χ1) is 17.2. The molecule has 0 bridgehead atoms. The molecule has 35 heavy (non-hydrogen) atoms. The van der Waals surface area contributed by atoms with Gasteiger partial charge in [0, 0.05) is 17.3 Å². The van der Waals surface area contributed by atoms with Gasteiger partial charge in [0.25, 0.3) is 0 Å². The average molecular weight is 579 g/mol. The normalized spacial score (nSPS) is 12.0. The molecule has 0 aromatic carbocycles. The molecular weight excluding hydrogens is 527 g/mol. The molecule has 0 radical (unpaired) electrons. The van der Waals surface area contributed by atoms with E-state index in [2.05, 4.69) is 20.8 Å². The van der Waals surface area contributed by atoms with Crippen molar-refractivity contribution in [1.82, 2.24) is 0 Å². The van der Waals surface area contributed by atoms with Gasteiger partial charge in [0.15, 0.2) is 0 Å². The van der Waals surface area contributed by atoms with Crippen LogP contribution >= 0.6 is 43.1 Å². The summed E-state index contributed by atoms with van der Waals surface area (Å²) in [5.41, 5.74) is 0. The lowest BCUT2D eigenvalue weighted by molar-refractivity contribution is -0.320. The first-order valence-corrected chi connectivity index (χ1v) is 18.4. The van der Waals surface area contributed by atoms with Crippen LogP contribution in [-0.4, -0.2) is 54.3 Å². The first kappa shape index (κ1) is 36.0. The Morgan fingerprint density at radius 3 is 1.06 bits per heavy atom. The Kier molecular flexibility index (Phi) is 30.5. The van der Waals surface area contributed by atoms with E-state index in [9.17, 15) is 4.57 Å². The smallest absolute Gasteiger partial charge is 0.225 e. The van der Waals surface area contributed by atoms with Crippen molar-refractivity contribution in [2.24, 2.45) is 0 Å². The van der Waals surface area contributed by atoms with Crippen molar-refractivity contribution in [3.8, 4) is 0 Å². The third-order valence-electron chi connectivity index (χ3n) is 4.79. The van der Waals surface area contributed by atoms with Crippen LogP contribution in [0, 0.1) is 0 Å². The highest BCUT2D eigenvalue weighted by Crippen LogP contribution is 2.50. The fraction of sp³-hybridized carbons (Fsp3) is 1.00. The van der Waals surface area contributed by atoms with Gasteiger partial charge >= 0.3 is 7.82 Å². The molecule has 0 heterocycles. The van der Waals surface area contributed by atoms with E-state index in [1.165, 1.54) is 77.0 Å². The van der Waals surface area contributed by atoms with E-state index in [0.29, 0.717) is 0 Å². The highest BCUT2D eigenvalue weighted by atomic mass is 32.2. The Morgan fingerprint density at radius 2 is 0.771 bits per heavy atom. The molecule has 11 heteroatoms. The zero-order valence-electron chi connectivity index (χ0n) is 22.4. The molecule has 0 aliphatic carbocycles. The third kappa shape index (κ3) is 27.9. The summed E-state index contributed by atoms with van der Waals surface area (Å²) in [4.78, 5) is 15.3. The zero-order chi connectivity index (χ0) is 25.7. The third-order valence-corrected chi connectivity index (χ3v) is 8.75. The Balaban J connectivity index is 4.06. The van der Waals surface area contributed by atoms with Gasteiger partial charge in [-0.3, -0.25) is 0 Å². The van der Waals surface area contributed by atoms with Crippen LogP contribution in [0.15, 0.2) is 0 Å². The molecule has 0 aliphatic heterocycles. The van der Waals surface area contributed by atoms with Gasteiger partial charge in [-0.15, -0.1) is 14.0 Å². The van der Waals surface area contributed by atoms with Crippen molar-refractivity contribution in [1.29, 1.82) is 0 Å². The summed E-state index contributed by atoms with van der Waals surface area (Å²) in [6.07, 6.45) is 14.8. The van der Waals surface area contributed by atoms with Crippen LogP contribution in [0.1, 0.15) is 97.8 Å². The van der Waals surface area contributed by atoms with E-state index >= 15 is 0 Å². The molecule has 0 aromatic heterocycles. The molecule has 0 saturated carbocycles. The Labute approximate surface area is 228 Å². The van der Waals surface area contributed by atoms with Crippen molar-refractivity contribution >= 4 is 43.1 Å². The van der Waals surface area contributed by atoms with Crippen LogP contribution in [0.2, 0.25) is 0 Å². The van der Waals surface area contributed by atoms with Crippen LogP contribution in [0.25, 0.3) is 0 Å². The quantitative estimate of drug-likeness (QED) is 0.0357.